The molecule has 1 aliphatic rings. The molecule has 0 spiro atoms. The average molecular weight is 525 g/mol. The lowest BCUT2D eigenvalue weighted by Gasteiger charge is -2.13. The van der Waals surface area contributed by atoms with Crippen LogP contribution in [-0.2, 0) is 11.3 Å². The van der Waals surface area contributed by atoms with E-state index in [0.717, 1.165) is 30.6 Å². The molecule has 1 fully saturated rings. The van der Waals surface area contributed by atoms with Gasteiger partial charge in [-0.15, -0.1) is 24.0 Å². The van der Waals surface area contributed by atoms with Gasteiger partial charge in [-0.2, -0.15) is 0 Å². The predicted octanol–water partition coefficient (Wildman–Crippen LogP) is 3.77. The number of rotatable bonds is 8. The minimum Gasteiger partial charge on any atom is -0.444 e. The highest BCUT2D eigenvalue weighted by Gasteiger charge is 2.16. The SMILES string of the molecule is CCNC(=NCc1coc(-c2ccc(C)cc2)n1)NCCC(=O)NC1CCCC1.I. The maximum Gasteiger partial charge on any atom is 0.226 e. The molecule has 0 radical (unpaired) electrons. The summed E-state index contributed by atoms with van der Waals surface area (Å²) in [4.78, 5) is 21.1. The number of carbonyl (C=O) groups is 1. The van der Waals surface area contributed by atoms with Gasteiger partial charge in [-0.3, -0.25) is 4.79 Å². The van der Waals surface area contributed by atoms with Crippen molar-refractivity contribution in [3.63, 3.8) is 0 Å². The molecule has 7 nitrogen and oxygen atoms in total. The molecule has 8 heteroatoms. The van der Waals surface area contributed by atoms with Gasteiger partial charge in [0.05, 0.1) is 6.54 Å². The lowest BCUT2D eigenvalue weighted by molar-refractivity contribution is -0.121. The van der Waals surface area contributed by atoms with Crippen LogP contribution in [0.25, 0.3) is 11.5 Å². The number of aryl methyl sites for hydroxylation is 1. The van der Waals surface area contributed by atoms with Gasteiger partial charge in [-0.05, 0) is 38.8 Å². The molecule has 2 aromatic rings. The van der Waals surface area contributed by atoms with Crippen molar-refractivity contribution < 1.29 is 9.21 Å². The van der Waals surface area contributed by atoms with Gasteiger partial charge < -0.3 is 20.4 Å². The van der Waals surface area contributed by atoms with Crippen LogP contribution >= 0.6 is 24.0 Å². The minimum absolute atomic E-state index is 0. The van der Waals surface area contributed by atoms with Gasteiger partial charge in [-0.25, -0.2) is 9.98 Å². The van der Waals surface area contributed by atoms with Gasteiger partial charge in [0.1, 0.15) is 12.0 Å². The monoisotopic (exact) mass is 525 g/mol. The highest BCUT2D eigenvalue weighted by Crippen LogP contribution is 2.19. The quantitative estimate of drug-likeness (QED) is 0.277. The molecule has 3 N–H and O–H groups in total. The number of aliphatic imine (C=N–C) groups is 1. The van der Waals surface area contributed by atoms with E-state index in [9.17, 15) is 4.79 Å². The zero-order chi connectivity index (χ0) is 20.5. The number of hydrogen-bond donors (Lipinski definition) is 3. The summed E-state index contributed by atoms with van der Waals surface area (Å²) in [7, 11) is 0. The van der Waals surface area contributed by atoms with E-state index in [-0.39, 0.29) is 29.9 Å². The summed E-state index contributed by atoms with van der Waals surface area (Å²) in [6, 6.07) is 8.42. The van der Waals surface area contributed by atoms with Crippen molar-refractivity contribution in [3.05, 3.63) is 41.8 Å². The van der Waals surface area contributed by atoms with Crippen molar-refractivity contribution in [3.8, 4) is 11.5 Å². The van der Waals surface area contributed by atoms with Gasteiger partial charge in [0, 0.05) is 31.1 Å². The molecule has 1 aliphatic carbocycles. The summed E-state index contributed by atoms with van der Waals surface area (Å²) >= 11 is 0. The topological polar surface area (TPSA) is 91.6 Å². The first-order chi connectivity index (χ1) is 14.1. The Morgan fingerprint density at radius 2 is 1.93 bits per heavy atom. The normalized spacial score (nSPS) is 14.3. The number of oxazole rings is 1. The molecule has 1 aromatic carbocycles. The van der Waals surface area contributed by atoms with Crippen molar-refractivity contribution in [2.75, 3.05) is 13.1 Å². The first-order valence-corrected chi connectivity index (χ1v) is 10.5. The molecular weight excluding hydrogens is 493 g/mol. The Morgan fingerprint density at radius 1 is 1.20 bits per heavy atom. The third-order valence-corrected chi connectivity index (χ3v) is 4.96. The first-order valence-electron chi connectivity index (χ1n) is 10.5. The van der Waals surface area contributed by atoms with Crippen molar-refractivity contribution in [2.24, 2.45) is 4.99 Å². The van der Waals surface area contributed by atoms with Crippen LogP contribution in [0.2, 0.25) is 0 Å². The molecular formula is C22H32IN5O2. The molecule has 1 amide bonds. The number of nitrogens with one attached hydrogen (secondary N) is 3. The van der Waals surface area contributed by atoms with E-state index < -0.39 is 0 Å². The maximum atomic E-state index is 12.0. The van der Waals surface area contributed by atoms with Crippen LogP contribution in [0.1, 0.15) is 50.3 Å². The van der Waals surface area contributed by atoms with E-state index in [2.05, 4.69) is 25.9 Å². The Morgan fingerprint density at radius 3 is 2.63 bits per heavy atom. The lowest BCUT2D eigenvalue weighted by Crippen LogP contribution is -2.40. The molecule has 0 aliphatic heterocycles. The smallest absolute Gasteiger partial charge is 0.226 e. The van der Waals surface area contributed by atoms with Crippen molar-refractivity contribution in [1.82, 2.24) is 20.9 Å². The molecule has 30 heavy (non-hydrogen) atoms. The molecule has 1 heterocycles. The zero-order valence-corrected chi connectivity index (χ0v) is 20.1. The third kappa shape index (κ3) is 7.62. The van der Waals surface area contributed by atoms with Gasteiger partial charge in [0.15, 0.2) is 5.96 Å². The number of guanidine groups is 1. The Hall–Kier alpha value is -2.10. The van der Waals surface area contributed by atoms with Crippen molar-refractivity contribution >= 4 is 35.8 Å². The maximum absolute atomic E-state index is 12.0. The second-order valence-corrected chi connectivity index (χ2v) is 7.43. The number of amides is 1. The summed E-state index contributed by atoms with van der Waals surface area (Å²) in [6.07, 6.45) is 6.71. The average Bonchev–Trinajstić information content (AvgIpc) is 3.39. The number of aromatic nitrogens is 1. The van der Waals surface area contributed by atoms with Crippen LogP contribution in [-0.4, -0.2) is 36.0 Å². The number of halogens is 1. The molecule has 3 rings (SSSR count). The molecule has 164 valence electrons. The standard InChI is InChI=1S/C22H31N5O2.HI/c1-3-23-22(24-13-12-20(28)26-18-6-4-5-7-18)25-14-19-15-29-21(27-19)17-10-8-16(2)9-11-17;/h8-11,15,18H,3-7,12-14H2,1-2H3,(H,26,28)(H2,23,24,25);1H. The van der Waals surface area contributed by atoms with Crippen LogP contribution in [0.3, 0.4) is 0 Å². The molecule has 0 unspecified atom stereocenters. The summed E-state index contributed by atoms with van der Waals surface area (Å²) in [5, 5.41) is 9.51. The predicted molar refractivity (Wildman–Crippen MR) is 130 cm³/mol. The van der Waals surface area contributed by atoms with Gasteiger partial charge in [-0.1, -0.05) is 30.5 Å². The van der Waals surface area contributed by atoms with E-state index in [0.29, 0.717) is 37.4 Å². The Balaban J connectivity index is 0.00000320. The highest BCUT2D eigenvalue weighted by atomic mass is 127. The number of hydrogen-bond acceptors (Lipinski definition) is 4. The number of nitrogens with zero attached hydrogens (tertiary/aromatic N) is 2. The Kier molecular flexibility index (Phi) is 10.1. The van der Waals surface area contributed by atoms with E-state index >= 15 is 0 Å². The third-order valence-electron chi connectivity index (χ3n) is 4.96. The van der Waals surface area contributed by atoms with E-state index in [1.54, 1.807) is 6.26 Å². The molecule has 0 bridgehead atoms. The second-order valence-electron chi connectivity index (χ2n) is 7.43. The number of benzene rings is 1. The van der Waals surface area contributed by atoms with E-state index in [1.807, 2.05) is 38.1 Å². The van der Waals surface area contributed by atoms with Crippen molar-refractivity contribution in [1.29, 1.82) is 0 Å². The van der Waals surface area contributed by atoms with Gasteiger partial charge >= 0.3 is 0 Å². The second kappa shape index (κ2) is 12.6. The Bertz CT molecular complexity index is 813. The first kappa shape index (κ1) is 24.2. The molecule has 0 atom stereocenters. The van der Waals surface area contributed by atoms with Crippen LogP contribution in [0.4, 0.5) is 0 Å². The molecule has 1 saturated carbocycles. The summed E-state index contributed by atoms with van der Waals surface area (Å²) in [6.45, 7) is 5.74. The van der Waals surface area contributed by atoms with Crippen LogP contribution < -0.4 is 16.0 Å². The van der Waals surface area contributed by atoms with Gasteiger partial charge in [0.25, 0.3) is 0 Å². The fourth-order valence-corrected chi connectivity index (χ4v) is 3.37. The minimum atomic E-state index is 0. The van der Waals surface area contributed by atoms with E-state index in [1.165, 1.54) is 18.4 Å². The lowest BCUT2D eigenvalue weighted by atomic mass is 10.1. The van der Waals surface area contributed by atoms with E-state index in [4.69, 9.17) is 4.42 Å². The highest BCUT2D eigenvalue weighted by molar-refractivity contribution is 14.0. The zero-order valence-electron chi connectivity index (χ0n) is 17.7. The van der Waals surface area contributed by atoms with Crippen molar-refractivity contribution in [2.45, 2.75) is 58.5 Å². The van der Waals surface area contributed by atoms with Gasteiger partial charge in [0.2, 0.25) is 11.8 Å². The fourth-order valence-electron chi connectivity index (χ4n) is 3.37. The number of carbonyl (C=O) groups excluding carboxylic acids is 1. The Labute approximate surface area is 195 Å². The van der Waals surface area contributed by atoms with Crippen LogP contribution in [0.15, 0.2) is 39.9 Å². The fraction of sp³-hybridized carbons (Fsp3) is 0.500. The molecule has 1 aromatic heterocycles. The van der Waals surface area contributed by atoms with Crippen LogP contribution in [0.5, 0.6) is 0 Å². The van der Waals surface area contributed by atoms with Crippen LogP contribution in [0, 0.1) is 6.92 Å². The summed E-state index contributed by atoms with van der Waals surface area (Å²) in [5.41, 5.74) is 2.91. The summed E-state index contributed by atoms with van der Waals surface area (Å²) < 4.78 is 5.58. The summed E-state index contributed by atoms with van der Waals surface area (Å²) in [5.74, 6) is 1.36. The molecule has 0 saturated heterocycles. The largest absolute Gasteiger partial charge is 0.444 e.